The van der Waals surface area contributed by atoms with E-state index in [1.807, 2.05) is 66.7 Å². The van der Waals surface area contributed by atoms with E-state index >= 15 is 0 Å². The van der Waals surface area contributed by atoms with Crippen molar-refractivity contribution in [2.45, 2.75) is 0 Å². The summed E-state index contributed by atoms with van der Waals surface area (Å²) in [5, 5.41) is 12.1. The first kappa shape index (κ1) is 14.7. The number of nitrogens with zero attached hydrogens (tertiary/aromatic N) is 2. The predicted molar refractivity (Wildman–Crippen MR) is 105 cm³/mol. The Morgan fingerprint density at radius 2 is 1.23 bits per heavy atom. The van der Waals surface area contributed by atoms with Crippen LogP contribution in [0.5, 0.6) is 5.88 Å². The number of hydrogen-bond acceptors (Lipinski definition) is 2. The zero-order valence-corrected chi connectivity index (χ0v) is 14.0. The minimum Gasteiger partial charge on any atom is -0.494 e. The Morgan fingerprint density at radius 3 is 1.92 bits per heavy atom. The molecule has 0 saturated carbocycles. The Morgan fingerprint density at radius 1 is 0.654 bits per heavy atom. The molecule has 0 aliphatic rings. The minimum absolute atomic E-state index is 0.211. The summed E-state index contributed by atoms with van der Waals surface area (Å²) in [6.45, 7) is 0. The highest BCUT2D eigenvalue weighted by Crippen LogP contribution is 2.45. The fourth-order valence-corrected chi connectivity index (χ4v) is 3.62. The van der Waals surface area contributed by atoms with E-state index in [0.29, 0.717) is 0 Å². The van der Waals surface area contributed by atoms with E-state index in [1.54, 1.807) is 10.7 Å². The van der Waals surface area contributed by atoms with Gasteiger partial charge in [-0.15, -0.1) is 0 Å². The van der Waals surface area contributed by atoms with Crippen LogP contribution >= 0.6 is 0 Å². The van der Waals surface area contributed by atoms with Crippen LogP contribution in [0.4, 0.5) is 0 Å². The van der Waals surface area contributed by atoms with Crippen LogP contribution in [-0.4, -0.2) is 14.5 Å². The van der Waals surface area contributed by atoms with Crippen molar-refractivity contribution in [3.8, 4) is 28.1 Å². The Kier molecular flexibility index (Phi) is 3.25. The molecule has 3 nitrogen and oxygen atoms in total. The molecule has 124 valence electrons. The second-order valence-electron chi connectivity index (χ2n) is 6.29. The zero-order chi connectivity index (χ0) is 17.5. The van der Waals surface area contributed by atoms with Crippen molar-refractivity contribution in [2.24, 2.45) is 0 Å². The Labute approximate surface area is 150 Å². The molecular formula is C23H16N2O. The topological polar surface area (TPSA) is 37.5 Å². The smallest absolute Gasteiger partial charge is 0.205 e. The molecule has 0 unspecified atom stereocenters. The fourth-order valence-electron chi connectivity index (χ4n) is 3.62. The first-order valence-corrected chi connectivity index (χ1v) is 8.56. The molecule has 5 aromatic rings. The van der Waals surface area contributed by atoms with Gasteiger partial charge in [0, 0.05) is 10.9 Å². The van der Waals surface area contributed by atoms with Gasteiger partial charge in [-0.25, -0.2) is 4.98 Å². The molecule has 5 rings (SSSR count). The summed E-state index contributed by atoms with van der Waals surface area (Å²) in [6, 6.07) is 28.3. The largest absolute Gasteiger partial charge is 0.494 e. The molecule has 3 aromatic carbocycles. The molecule has 0 atom stereocenters. The third-order valence-corrected chi connectivity index (χ3v) is 4.78. The van der Waals surface area contributed by atoms with Crippen molar-refractivity contribution in [2.75, 3.05) is 0 Å². The van der Waals surface area contributed by atoms with Gasteiger partial charge in [0.2, 0.25) is 5.88 Å². The van der Waals surface area contributed by atoms with Gasteiger partial charge in [-0.2, -0.15) is 0 Å². The van der Waals surface area contributed by atoms with Crippen molar-refractivity contribution in [1.29, 1.82) is 0 Å². The van der Waals surface area contributed by atoms with E-state index < -0.39 is 0 Å². The number of aromatic hydroxyl groups is 1. The highest BCUT2D eigenvalue weighted by atomic mass is 16.3. The van der Waals surface area contributed by atoms with Crippen molar-refractivity contribution in [1.82, 2.24) is 9.38 Å². The fraction of sp³-hybridized carbons (Fsp3) is 0. The van der Waals surface area contributed by atoms with E-state index in [4.69, 9.17) is 0 Å². The van der Waals surface area contributed by atoms with Gasteiger partial charge in [0.15, 0.2) is 0 Å². The second kappa shape index (κ2) is 5.74. The van der Waals surface area contributed by atoms with Gasteiger partial charge in [-0.05, 0) is 17.2 Å². The standard InChI is InChI=1S/C23H16N2O/c26-23-21(17-11-5-2-6-12-17)20(16-9-3-1-4-10-16)22-18-13-7-8-14-19(18)24-15-25(22)23/h1-15,26H. The summed E-state index contributed by atoms with van der Waals surface area (Å²) in [6.07, 6.45) is 1.70. The van der Waals surface area contributed by atoms with Gasteiger partial charge in [0.1, 0.15) is 6.33 Å². The molecule has 2 aromatic heterocycles. The first-order chi connectivity index (χ1) is 12.8. The Bertz CT molecular complexity index is 1230. The lowest BCUT2D eigenvalue weighted by Crippen LogP contribution is -1.89. The number of benzene rings is 3. The van der Waals surface area contributed by atoms with Gasteiger partial charge in [-0.1, -0.05) is 78.9 Å². The van der Waals surface area contributed by atoms with Gasteiger partial charge in [0.05, 0.1) is 16.6 Å². The summed E-state index contributed by atoms with van der Waals surface area (Å²) in [7, 11) is 0. The second-order valence-corrected chi connectivity index (χ2v) is 6.29. The Balaban J connectivity index is 2.02. The number of fused-ring (bicyclic) bond motifs is 3. The summed E-state index contributed by atoms with van der Waals surface area (Å²) >= 11 is 0. The Hall–Kier alpha value is -3.59. The monoisotopic (exact) mass is 336 g/mol. The van der Waals surface area contributed by atoms with E-state index in [-0.39, 0.29) is 5.88 Å². The third-order valence-electron chi connectivity index (χ3n) is 4.78. The maximum Gasteiger partial charge on any atom is 0.205 e. The molecule has 0 spiro atoms. The molecule has 0 radical (unpaired) electrons. The first-order valence-electron chi connectivity index (χ1n) is 8.56. The molecule has 0 fully saturated rings. The molecule has 3 heteroatoms. The van der Waals surface area contributed by atoms with E-state index in [2.05, 4.69) is 23.2 Å². The van der Waals surface area contributed by atoms with Crippen LogP contribution < -0.4 is 0 Å². The van der Waals surface area contributed by atoms with Crippen LogP contribution in [0.15, 0.2) is 91.3 Å². The van der Waals surface area contributed by atoms with Crippen molar-refractivity contribution < 1.29 is 5.11 Å². The van der Waals surface area contributed by atoms with E-state index in [9.17, 15) is 5.11 Å². The number of hydrogen-bond donors (Lipinski definition) is 1. The molecule has 0 aliphatic carbocycles. The predicted octanol–water partition coefficient (Wildman–Crippen LogP) is 5.53. The van der Waals surface area contributed by atoms with Crippen LogP contribution in [0.2, 0.25) is 0 Å². The average Bonchev–Trinajstić information content (AvgIpc) is 3.02. The molecule has 0 saturated heterocycles. The molecular weight excluding hydrogens is 320 g/mol. The normalized spacial score (nSPS) is 11.2. The zero-order valence-electron chi connectivity index (χ0n) is 14.0. The van der Waals surface area contributed by atoms with Crippen LogP contribution in [0.3, 0.4) is 0 Å². The van der Waals surface area contributed by atoms with Crippen molar-refractivity contribution in [3.05, 3.63) is 91.3 Å². The number of aromatic nitrogens is 2. The summed E-state index contributed by atoms with van der Waals surface area (Å²) < 4.78 is 1.78. The summed E-state index contributed by atoms with van der Waals surface area (Å²) in [5.74, 6) is 0.211. The maximum atomic E-state index is 11.1. The SMILES string of the molecule is Oc1c(-c2ccccc2)c(-c2ccccc2)c2c3ccccc3ncn12. The molecule has 0 amide bonds. The van der Waals surface area contributed by atoms with Crippen LogP contribution in [0.25, 0.3) is 38.7 Å². The van der Waals surface area contributed by atoms with Crippen LogP contribution in [0, 0.1) is 0 Å². The van der Waals surface area contributed by atoms with Gasteiger partial charge in [-0.3, -0.25) is 4.40 Å². The molecule has 0 bridgehead atoms. The summed E-state index contributed by atoms with van der Waals surface area (Å²) in [4.78, 5) is 4.51. The van der Waals surface area contributed by atoms with E-state index in [0.717, 1.165) is 38.7 Å². The maximum absolute atomic E-state index is 11.1. The average molecular weight is 336 g/mol. The van der Waals surface area contributed by atoms with Gasteiger partial charge >= 0.3 is 0 Å². The quantitative estimate of drug-likeness (QED) is 0.460. The van der Waals surface area contributed by atoms with Crippen molar-refractivity contribution in [3.63, 3.8) is 0 Å². The molecule has 26 heavy (non-hydrogen) atoms. The van der Waals surface area contributed by atoms with Crippen molar-refractivity contribution >= 4 is 16.4 Å². The van der Waals surface area contributed by atoms with Gasteiger partial charge in [0.25, 0.3) is 0 Å². The third kappa shape index (κ3) is 2.11. The lowest BCUT2D eigenvalue weighted by molar-refractivity contribution is 0.450. The molecule has 2 heterocycles. The molecule has 0 aliphatic heterocycles. The lowest BCUT2D eigenvalue weighted by atomic mass is 9.96. The van der Waals surface area contributed by atoms with Crippen LogP contribution in [-0.2, 0) is 0 Å². The van der Waals surface area contributed by atoms with Gasteiger partial charge < -0.3 is 5.11 Å². The van der Waals surface area contributed by atoms with Crippen LogP contribution in [0.1, 0.15) is 0 Å². The molecule has 1 N–H and O–H groups in total. The highest BCUT2D eigenvalue weighted by molar-refractivity contribution is 6.08. The lowest BCUT2D eigenvalue weighted by Gasteiger charge is -2.07. The number of rotatable bonds is 2. The van der Waals surface area contributed by atoms with E-state index in [1.165, 1.54) is 0 Å². The summed E-state index contributed by atoms with van der Waals surface area (Å²) in [5.41, 5.74) is 5.78. The minimum atomic E-state index is 0.211. The highest BCUT2D eigenvalue weighted by Gasteiger charge is 2.22. The number of para-hydroxylation sites is 1.